The fourth-order valence-electron chi connectivity index (χ4n) is 1.24. The van der Waals surface area contributed by atoms with Gasteiger partial charge < -0.3 is 15.8 Å². The van der Waals surface area contributed by atoms with Gasteiger partial charge in [0.1, 0.15) is 5.82 Å². The summed E-state index contributed by atoms with van der Waals surface area (Å²) in [6.45, 7) is -0.0382. The van der Waals surface area contributed by atoms with Crippen LogP contribution in [-0.4, -0.2) is 35.4 Å². The Bertz CT molecular complexity index is 445. The molecule has 0 saturated heterocycles. The van der Waals surface area contributed by atoms with Crippen LogP contribution in [0.25, 0.3) is 0 Å². The Labute approximate surface area is 106 Å². The second-order valence-corrected chi connectivity index (χ2v) is 4.33. The summed E-state index contributed by atoms with van der Waals surface area (Å²) in [5, 5.41) is 11.1. The molecule has 0 bridgehead atoms. The van der Waals surface area contributed by atoms with Crippen molar-refractivity contribution < 1.29 is 14.4 Å². The first-order valence-corrected chi connectivity index (χ1v) is 5.41. The van der Waals surface area contributed by atoms with Crippen molar-refractivity contribution in [2.45, 2.75) is 0 Å². The van der Waals surface area contributed by atoms with Crippen molar-refractivity contribution in [2.75, 3.05) is 13.6 Å². The minimum absolute atomic E-state index is 0.0382. The number of amidine groups is 1. The van der Waals surface area contributed by atoms with Crippen molar-refractivity contribution in [3.63, 3.8) is 0 Å². The van der Waals surface area contributed by atoms with Crippen molar-refractivity contribution in [3.05, 3.63) is 34.1 Å². The SMILES string of the molecule is CN(CC(N)=NO)C(=O)c1cc(F)cc(Br)c1. The van der Waals surface area contributed by atoms with Crippen molar-refractivity contribution >= 4 is 27.7 Å². The highest BCUT2D eigenvalue weighted by Gasteiger charge is 2.14. The van der Waals surface area contributed by atoms with E-state index in [1.54, 1.807) is 0 Å². The molecule has 0 aliphatic carbocycles. The second kappa shape index (κ2) is 5.62. The summed E-state index contributed by atoms with van der Waals surface area (Å²) in [5.74, 6) is -1.03. The Morgan fingerprint density at radius 2 is 2.24 bits per heavy atom. The smallest absolute Gasteiger partial charge is 0.254 e. The van der Waals surface area contributed by atoms with Crippen LogP contribution in [0, 0.1) is 5.82 Å². The molecular weight excluding hydrogens is 293 g/mol. The third-order valence-corrected chi connectivity index (χ3v) is 2.44. The summed E-state index contributed by atoms with van der Waals surface area (Å²) in [6.07, 6.45) is 0. The molecule has 1 aromatic rings. The van der Waals surface area contributed by atoms with Crippen LogP contribution in [-0.2, 0) is 0 Å². The first kappa shape index (κ1) is 13.4. The molecule has 0 aliphatic rings. The summed E-state index contributed by atoms with van der Waals surface area (Å²) in [7, 11) is 1.47. The van der Waals surface area contributed by atoms with E-state index in [0.29, 0.717) is 4.47 Å². The molecule has 0 radical (unpaired) electrons. The van der Waals surface area contributed by atoms with Gasteiger partial charge in [-0.2, -0.15) is 0 Å². The van der Waals surface area contributed by atoms with E-state index in [1.165, 1.54) is 24.1 Å². The van der Waals surface area contributed by atoms with Crippen LogP contribution in [0.15, 0.2) is 27.8 Å². The van der Waals surface area contributed by atoms with Gasteiger partial charge in [0.25, 0.3) is 5.91 Å². The normalized spacial score (nSPS) is 11.4. The lowest BCUT2D eigenvalue weighted by molar-refractivity contribution is 0.0813. The molecule has 92 valence electrons. The molecular formula is C10H11BrFN3O2. The molecule has 0 unspecified atom stereocenters. The fraction of sp³-hybridized carbons (Fsp3) is 0.200. The van der Waals surface area contributed by atoms with Crippen LogP contribution in [0.1, 0.15) is 10.4 Å². The summed E-state index contributed by atoms with van der Waals surface area (Å²) in [6, 6.07) is 3.87. The molecule has 17 heavy (non-hydrogen) atoms. The number of nitrogens with zero attached hydrogens (tertiary/aromatic N) is 2. The number of carbonyl (C=O) groups excluding carboxylic acids is 1. The maximum atomic E-state index is 13.1. The zero-order valence-corrected chi connectivity index (χ0v) is 10.6. The van der Waals surface area contributed by atoms with Gasteiger partial charge >= 0.3 is 0 Å². The first-order chi connectivity index (χ1) is 7.93. The Morgan fingerprint density at radius 3 is 2.76 bits per heavy atom. The van der Waals surface area contributed by atoms with Crippen LogP contribution < -0.4 is 5.73 Å². The maximum absolute atomic E-state index is 13.1. The van der Waals surface area contributed by atoms with Gasteiger partial charge in [-0.15, -0.1) is 0 Å². The molecule has 5 nitrogen and oxygen atoms in total. The number of rotatable bonds is 3. The molecule has 0 heterocycles. The lowest BCUT2D eigenvalue weighted by Crippen LogP contribution is -2.35. The van der Waals surface area contributed by atoms with E-state index in [-0.39, 0.29) is 17.9 Å². The van der Waals surface area contributed by atoms with Gasteiger partial charge in [-0.25, -0.2) is 4.39 Å². The first-order valence-electron chi connectivity index (χ1n) is 4.62. The van der Waals surface area contributed by atoms with Crippen molar-refractivity contribution in [1.29, 1.82) is 0 Å². The molecule has 0 spiro atoms. The van der Waals surface area contributed by atoms with E-state index >= 15 is 0 Å². The Hall–Kier alpha value is -1.63. The number of oxime groups is 1. The van der Waals surface area contributed by atoms with Crippen molar-refractivity contribution in [1.82, 2.24) is 4.90 Å². The number of hydrogen-bond donors (Lipinski definition) is 2. The molecule has 0 aromatic heterocycles. The van der Waals surface area contributed by atoms with Gasteiger partial charge in [-0.1, -0.05) is 21.1 Å². The largest absolute Gasteiger partial charge is 0.409 e. The van der Waals surface area contributed by atoms with Gasteiger partial charge in [-0.3, -0.25) is 4.79 Å². The van der Waals surface area contributed by atoms with Crippen LogP contribution in [0.4, 0.5) is 4.39 Å². The third-order valence-electron chi connectivity index (χ3n) is 1.98. The van der Waals surface area contributed by atoms with E-state index in [1.807, 2.05) is 0 Å². The minimum atomic E-state index is -0.514. The van der Waals surface area contributed by atoms with Gasteiger partial charge in [0.15, 0.2) is 5.84 Å². The predicted octanol–water partition coefficient (Wildman–Crippen LogP) is 1.41. The number of benzene rings is 1. The van der Waals surface area contributed by atoms with Crippen LogP contribution in [0.2, 0.25) is 0 Å². The molecule has 0 aliphatic heterocycles. The zero-order valence-electron chi connectivity index (χ0n) is 9.02. The standard InChI is InChI=1S/C10H11BrFN3O2/c1-15(5-9(13)14-17)10(16)6-2-7(11)4-8(12)3-6/h2-4,17H,5H2,1H3,(H2,13,14). The van der Waals surface area contributed by atoms with E-state index in [9.17, 15) is 9.18 Å². The van der Waals surface area contributed by atoms with Crippen LogP contribution in [0.5, 0.6) is 0 Å². The summed E-state index contributed by atoms with van der Waals surface area (Å²) >= 11 is 3.10. The molecule has 1 aromatic carbocycles. The van der Waals surface area contributed by atoms with E-state index in [0.717, 1.165) is 6.07 Å². The van der Waals surface area contributed by atoms with E-state index in [4.69, 9.17) is 10.9 Å². The van der Waals surface area contributed by atoms with Gasteiger partial charge in [0.2, 0.25) is 0 Å². The molecule has 0 saturated carbocycles. The number of likely N-dealkylation sites (N-methyl/N-ethyl adjacent to an activating group) is 1. The van der Waals surface area contributed by atoms with Crippen molar-refractivity contribution in [2.24, 2.45) is 10.9 Å². The zero-order chi connectivity index (χ0) is 13.0. The highest BCUT2D eigenvalue weighted by atomic mass is 79.9. The van der Waals surface area contributed by atoms with E-state index in [2.05, 4.69) is 21.1 Å². The average Bonchev–Trinajstić information content (AvgIpc) is 2.26. The Balaban J connectivity index is 2.88. The second-order valence-electron chi connectivity index (χ2n) is 3.41. The quantitative estimate of drug-likeness (QED) is 0.383. The lowest BCUT2D eigenvalue weighted by atomic mass is 10.2. The molecule has 0 fully saturated rings. The minimum Gasteiger partial charge on any atom is -0.409 e. The number of amides is 1. The number of hydrogen-bond acceptors (Lipinski definition) is 3. The summed E-state index contributed by atoms with van der Waals surface area (Å²) in [4.78, 5) is 13.1. The molecule has 7 heteroatoms. The molecule has 1 rings (SSSR count). The monoisotopic (exact) mass is 303 g/mol. The Kier molecular flexibility index (Phi) is 4.45. The third kappa shape index (κ3) is 3.70. The number of nitrogens with two attached hydrogens (primary N) is 1. The van der Waals surface area contributed by atoms with Crippen LogP contribution >= 0.6 is 15.9 Å². The average molecular weight is 304 g/mol. The Morgan fingerprint density at radius 1 is 1.59 bits per heavy atom. The van der Waals surface area contributed by atoms with Crippen LogP contribution in [0.3, 0.4) is 0 Å². The fourth-order valence-corrected chi connectivity index (χ4v) is 1.71. The molecule has 1 amide bonds. The van der Waals surface area contributed by atoms with Gasteiger partial charge in [0, 0.05) is 17.1 Å². The maximum Gasteiger partial charge on any atom is 0.254 e. The summed E-state index contributed by atoms with van der Waals surface area (Å²) in [5.41, 5.74) is 5.46. The molecule has 0 atom stereocenters. The van der Waals surface area contributed by atoms with Crippen molar-refractivity contribution in [3.8, 4) is 0 Å². The number of halogens is 2. The molecule has 3 N–H and O–H groups in total. The topological polar surface area (TPSA) is 78.9 Å². The summed E-state index contributed by atoms with van der Waals surface area (Å²) < 4.78 is 13.6. The highest BCUT2D eigenvalue weighted by molar-refractivity contribution is 9.10. The lowest BCUT2D eigenvalue weighted by Gasteiger charge is -2.16. The van der Waals surface area contributed by atoms with Gasteiger partial charge in [0.05, 0.1) is 6.54 Å². The number of carbonyl (C=O) groups is 1. The van der Waals surface area contributed by atoms with Gasteiger partial charge in [-0.05, 0) is 18.2 Å². The van der Waals surface area contributed by atoms with E-state index < -0.39 is 11.7 Å². The predicted molar refractivity (Wildman–Crippen MR) is 64.5 cm³/mol. The highest BCUT2D eigenvalue weighted by Crippen LogP contribution is 2.16.